The van der Waals surface area contributed by atoms with E-state index in [0.717, 1.165) is 18.2 Å². The standard InChI is InChI=1S/C18H14F3NO3S/c1-11-7-13(8-12(2)17(11)23)9-16(10-22)26(24,25)15-5-3-14(4-6-15)18(19,20)21/h3-9,23H,1-2H3/b16-9+. The molecule has 0 amide bonds. The number of phenolic OH excluding ortho intramolecular Hbond substituents is 1. The zero-order valence-electron chi connectivity index (χ0n) is 13.8. The highest BCUT2D eigenvalue weighted by atomic mass is 32.2. The lowest BCUT2D eigenvalue weighted by atomic mass is 10.1. The van der Waals surface area contributed by atoms with Crippen LogP contribution < -0.4 is 0 Å². The van der Waals surface area contributed by atoms with E-state index in [9.17, 15) is 32.0 Å². The lowest BCUT2D eigenvalue weighted by molar-refractivity contribution is -0.137. The number of nitrogens with zero attached hydrogens (tertiary/aromatic N) is 1. The fourth-order valence-corrected chi connectivity index (χ4v) is 3.50. The van der Waals surface area contributed by atoms with Crippen molar-refractivity contribution in [3.8, 4) is 11.8 Å². The van der Waals surface area contributed by atoms with Gasteiger partial charge in [-0.2, -0.15) is 18.4 Å². The predicted molar refractivity (Wildman–Crippen MR) is 89.8 cm³/mol. The Hall–Kier alpha value is -2.79. The molecule has 4 nitrogen and oxygen atoms in total. The Kier molecular flexibility index (Phi) is 5.14. The summed E-state index contributed by atoms with van der Waals surface area (Å²) in [6.07, 6.45) is -3.47. The smallest absolute Gasteiger partial charge is 0.416 e. The number of aryl methyl sites for hydroxylation is 2. The monoisotopic (exact) mass is 381 g/mol. The number of nitriles is 1. The van der Waals surface area contributed by atoms with Gasteiger partial charge in [0.05, 0.1) is 10.5 Å². The van der Waals surface area contributed by atoms with Crippen molar-refractivity contribution >= 4 is 15.9 Å². The van der Waals surface area contributed by atoms with Crippen LogP contribution in [0.15, 0.2) is 46.2 Å². The molecular formula is C18H14F3NO3S. The summed E-state index contributed by atoms with van der Waals surface area (Å²) < 4.78 is 62.9. The molecule has 0 aliphatic rings. The van der Waals surface area contributed by atoms with E-state index in [1.54, 1.807) is 19.9 Å². The van der Waals surface area contributed by atoms with Crippen LogP contribution in [0.1, 0.15) is 22.3 Å². The maximum atomic E-state index is 12.6. The molecule has 136 valence electrons. The molecule has 0 aromatic heterocycles. The summed E-state index contributed by atoms with van der Waals surface area (Å²) in [5.41, 5.74) is 0.398. The van der Waals surface area contributed by atoms with Crippen molar-refractivity contribution < 1.29 is 26.7 Å². The molecule has 26 heavy (non-hydrogen) atoms. The average molecular weight is 381 g/mol. The number of hydrogen-bond donors (Lipinski definition) is 1. The van der Waals surface area contributed by atoms with Gasteiger partial charge in [0.25, 0.3) is 0 Å². The van der Waals surface area contributed by atoms with Crippen molar-refractivity contribution in [3.63, 3.8) is 0 Å². The molecule has 2 aromatic rings. The van der Waals surface area contributed by atoms with Gasteiger partial charge in [-0.25, -0.2) is 8.42 Å². The van der Waals surface area contributed by atoms with Crippen molar-refractivity contribution in [2.45, 2.75) is 24.9 Å². The topological polar surface area (TPSA) is 78.2 Å². The normalized spacial score (nSPS) is 12.7. The van der Waals surface area contributed by atoms with Crippen LogP contribution in [0.25, 0.3) is 6.08 Å². The second kappa shape index (κ2) is 6.84. The van der Waals surface area contributed by atoms with Crippen molar-refractivity contribution in [2.75, 3.05) is 0 Å². The van der Waals surface area contributed by atoms with Gasteiger partial charge in [0.2, 0.25) is 9.84 Å². The fraction of sp³-hybridized carbons (Fsp3) is 0.167. The molecule has 0 saturated carbocycles. The zero-order chi connectivity index (χ0) is 19.7. The van der Waals surface area contributed by atoms with Crippen LogP contribution in [-0.2, 0) is 16.0 Å². The van der Waals surface area contributed by atoms with Crippen molar-refractivity contribution in [1.82, 2.24) is 0 Å². The van der Waals surface area contributed by atoms with Gasteiger partial charge in [-0.3, -0.25) is 0 Å². The minimum absolute atomic E-state index is 0.0613. The highest BCUT2D eigenvalue weighted by Gasteiger charge is 2.31. The van der Waals surface area contributed by atoms with Crippen LogP contribution in [0, 0.1) is 25.2 Å². The van der Waals surface area contributed by atoms with Gasteiger partial charge in [0.15, 0.2) is 0 Å². The maximum absolute atomic E-state index is 12.6. The van der Waals surface area contributed by atoms with Crippen molar-refractivity contribution in [3.05, 3.63) is 63.6 Å². The number of allylic oxidation sites excluding steroid dienone is 1. The molecule has 0 unspecified atom stereocenters. The SMILES string of the molecule is Cc1cc(/C=C(\C#N)S(=O)(=O)c2ccc(C(F)(F)F)cc2)cc(C)c1O. The largest absolute Gasteiger partial charge is 0.507 e. The van der Waals surface area contributed by atoms with Gasteiger partial charge in [-0.1, -0.05) is 0 Å². The molecular weight excluding hydrogens is 367 g/mol. The summed E-state index contributed by atoms with van der Waals surface area (Å²) in [6, 6.07) is 7.51. The third kappa shape index (κ3) is 3.89. The molecule has 0 saturated heterocycles. The number of rotatable bonds is 3. The van der Waals surface area contributed by atoms with E-state index in [-0.39, 0.29) is 5.75 Å². The first-order valence-corrected chi connectivity index (χ1v) is 8.79. The van der Waals surface area contributed by atoms with E-state index in [2.05, 4.69) is 0 Å². The van der Waals surface area contributed by atoms with Gasteiger partial charge >= 0.3 is 6.18 Å². The first kappa shape index (κ1) is 19.5. The van der Waals surface area contributed by atoms with E-state index >= 15 is 0 Å². The van der Waals surface area contributed by atoms with E-state index < -0.39 is 31.4 Å². The number of sulfone groups is 1. The van der Waals surface area contributed by atoms with Crippen LogP contribution in [-0.4, -0.2) is 13.5 Å². The van der Waals surface area contributed by atoms with Gasteiger partial charge in [-0.05, 0) is 73.0 Å². The van der Waals surface area contributed by atoms with Crippen LogP contribution >= 0.6 is 0 Å². The molecule has 2 rings (SSSR count). The Labute approximate surface area is 148 Å². The predicted octanol–water partition coefficient (Wildman–Crippen LogP) is 4.37. The maximum Gasteiger partial charge on any atom is 0.416 e. The first-order chi connectivity index (χ1) is 12.0. The number of aromatic hydroxyl groups is 1. The van der Waals surface area contributed by atoms with Gasteiger partial charge in [0.1, 0.15) is 16.7 Å². The summed E-state index contributed by atoms with van der Waals surface area (Å²) in [7, 11) is -4.28. The highest BCUT2D eigenvalue weighted by molar-refractivity contribution is 7.95. The second-order valence-electron chi connectivity index (χ2n) is 5.65. The van der Waals surface area contributed by atoms with Crippen LogP contribution in [0.2, 0.25) is 0 Å². The number of hydrogen-bond acceptors (Lipinski definition) is 4. The zero-order valence-corrected chi connectivity index (χ0v) is 14.6. The fourth-order valence-electron chi connectivity index (χ4n) is 2.34. The molecule has 0 fully saturated rings. The van der Waals surface area contributed by atoms with Gasteiger partial charge < -0.3 is 5.11 Å². The molecule has 0 spiro atoms. The van der Waals surface area contributed by atoms with Gasteiger partial charge in [0, 0.05) is 0 Å². The van der Waals surface area contributed by atoms with E-state index in [0.29, 0.717) is 28.8 Å². The number of alkyl halides is 3. The third-order valence-electron chi connectivity index (χ3n) is 3.70. The van der Waals surface area contributed by atoms with E-state index in [1.807, 2.05) is 0 Å². The summed E-state index contributed by atoms with van der Waals surface area (Å²) in [5, 5.41) is 19.0. The van der Waals surface area contributed by atoms with Crippen LogP contribution in [0.4, 0.5) is 13.2 Å². The van der Waals surface area contributed by atoms with Crippen molar-refractivity contribution in [2.24, 2.45) is 0 Å². The molecule has 0 aliphatic carbocycles. The molecule has 0 aliphatic heterocycles. The Morgan fingerprint density at radius 3 is 2.04 bits per heavy atom. The average Bonchev–Trinajstić information content (AvgIpc) is 2.56. The van der Waals surface area contributed by atoms with E-state index in [4.69, 9.17) is 0 Å². The summed E-state index contributed by atoms with van der Waals surface area (Å²) in [5.74, 6) is 0.0613. The number of benzene rings is 2. The molecule has 0 radical (unpaired) electrons. The van der Waals surface area contributed by atoms with Gasteiger partial charge in [-0.15, -0.1) is 0 Å². The summed E-state index contributed by atoms with van der Waals surface area (Å²) in [4.78, 5) is -1.02. The lowest BCUT2D eigenvalue weighted by Gasteiger charge is -2.09. The van der Waals surface area contributed by atoms with Crippen LogP contribution in [0.5, 0.6) is 5.75 Å². The molecule has 0 heterocycles. The minimum Gasteiger partial charge on any atom is -0.507 e. The Morgan fingerprint density at radius 1 is 1.12 bits per heavy atom. The van der Waals surface area contributed by atoms with Crippen LogP contribution in [0.3, 0.4) is 0 Å². The summed E-state index contributed by atoms with van der Waals surface area (Å²) >= 11 is 0. The third-order valence-corrected chi connectivity index (χ3v) is 5.38. The molecule has 0 bridgehead atoms. The summed E-state index contributed by atoms with van der Waals surface area (Å²) in [6.45, 7) is 3.24. The lowest BCUT2D eigenvalue weighted by Crippen LogP contribution is -2.07. The number of phenols is 1. The molecule has 0 atom stereocenters. The van der Waals surface area contributed by atoms with Crippen molar-refractivity contribution in [1.29, 1.82) is 5.26 Å². The number of halogens is 3. The highest BCUT2D eigenvalue weighted by Crippen LogP contribution is 2.31. The first-order valence-electron chi connectivity index (χ1n) is 7.31. The molecule has 2 aromatic carbocycles. The molecule has 8 heteroatoms. The quantitative estimate of drug-likeness (QED) is 0.801. The minimum atomic E-state index is -4.59. The van der Waals surface area contributed by atoms with E-state index in [1.165, 1.54) is 12.1 Å². The Bertz CT molecular complexity index is 992. The Balaban J connectivity index is 2.51. The second-order valence-corrected chi connectivity index (χ2v) is 7.57. The Morgan fingerprint density at radius 2 is 1.62 bits per heavy atom. The molecule has 1 N–H and O–H groups in total.